The fourth-order valence-corrected chi connectivity index (χ4v) is 4.77. The first kappa shape index (κ1) is 17.8. The molecule has 1 saturated carbocycles. The summed E-state index contributed by atoms with van der Waals surface area (Å²) in [6, 6.07) is 10.3. The zero-order chi connectivity index (χ0) is 17.8. The number of amides is 1. The summed E-state index contributed by atoms with van der Waals surface area (Å²) in [5.41, 5.74) is 1.04. The van der Waals surface area contributed by atoms with Crippen LogP contribution in [0.5, 0.6) is 0 Å². The highest BCUT2D eigenvalue weighted by Gasteiger charge is 2.42. The van der Waals surface area contributed by atoms with Gasteiger partial charge in [-0.3, -0.25) is 0 Å². The zero-order valence-electron chi connectivity index (χ0n) is 15.4. The number of hydrogen-bond acceptors (Lipinski definition) is 4. The molecular weight excluding hydrogens is 328 g/mol. The van der Waals surface area contributed by atoms with Gasteiger partial charge in [0, 0.05) is 25.8 Å². The van der Waals surface area contributed by atoms with Gasteiger partial charge in [-0.05, 0) is 62.1 Å². The Labute approximate surface area is 156 Å². The van der Waals surface area contributed by atoms with Crippen LogP contribution >= 0.6 is 0 Å². The second kappa shape index (κ2) is 8.40. The molecule has 2 heterocycles. The quantitative estimate of drug-likeness (QED) is 0.879. The van der Waals surface area contributed by atoms with Crippen LogP contribution < -0.4 is 5.32 Å². The minimum absolute atomic E-state index is 0.140. The smallest absolute Gasteiger partial charge is 0.410 e. The van der Waals surface area contributed by atoms with E-state index in [-0.39, 0.29) is 6.09 Å². The van der Waals surface area contributed by atoms with Crippen molar-refractivity contribution in [2.24, 2.45) is 17.8 Å². The average molecular weight is 358 g/mol. The van der Waals surface area contributed by atoms with Crippen LogP contribution in [-0.2, 0) is 16.1 Å². The average Bonchev–Trinajstić information content (AvgIpc) is 3.28. The maximum absolute atomic E-state index is 13.0. The number of benzene rings is 1. The summed E-state index contributed by atoms with van der Waals surface area (Å²) < 4.78 is 11.2. The maximum atomic E-state index is 13.0. The molecule has 0 aromatic heterocycles. The fraction of sp³-hybridized carbons (Fsp3) is 0.667. The number of nitrogens with zero attached hydrogens (tertiary/aromatic N) is 1. The fourth-order valence-electron chi connectivity index (χ4n) is 4.77. The van der Waals surface area contributed by atoms with Gasteiger partial charge in [0.1, 0.15) is 6.61 Å². The SMILES string of the molecule is O=C(OCc1ccccc1)N(CC1CCOCC1)C1C[C@H]2CNC[C@H]2C1. The monoisotopic (exact) mass is 358 g/mol. The van der Waals surface area contributed by atoms with Crippen LogP contribution in [0.25, 0.3) is 0 Å². The highest BCUT2D eigenvalue weighted by atomic mass is 16.6. The van der Waals surface area contributed by atoms with Gasteiger partial charge in [-0.2, -0.15) is 0 Å². The normalized spacial score (nSPS) is 28.7. The number of nitrogens with one attached hydrogen (secondary N) is 1. The van der Waals surface area contributed by atoms with E-state index in [0.29, 0.717) is 18.6 Å². The van der Waals surface area contributed by atoms with Gasteiger partial charge in [0.15, 0.2) is 0 Å². The molecule has 1 aromatic rings. The van der Waals surface area contributed by atoms with Crippen LogP contribution in [0.1, 0.15) is 31.2 Å². The highest BCUT2D eigenvalue weighted by Crippen LogP contribution is 2.38. The minimum atomic E-state index is -0.140. The van der Waals surface area contributed by atoms with Crippen molar-refractivity contribution in [2.45, 2.75) is 38.3 Å². The summed E-state index contributed by atoms with van der Waals surface area (Å²) in [5.74, 6) is 1.98. The van der Waals surface area contributed by atoms with Crippen molar-refractivity contribution in [3.63, 3.8) is 0 Å². The predicted molar refractivity (Wildman–Crippen MR) is 99.7 cm³/mol. The minimum Gasteiger partial charge on any atom is -0.445 e. The molecule has 1 unspecified atom stereocenters. The molecule has 0 spiro atoms. The second-order valence-electron chi connectivity index (χ2n) is 8.05. The number of ether oxygens (including phenoxy) is 2. The second-order valence-corrected chi connectivity index (χ2v) is 8.05. The van der Waals surface area contributed by atoms with Crippen LogP contribution in [0.15, 0.2) is 30.3 Å². The Morgan fingerprint density at radius 2 is 1.81 bits per heavy atom. The molecule has 3 atom stereocenters. The highest BCUT2D eigenvalue weighted by molar-refractivity contribution is 5.68. The summed E-state index contributed by atoms with van der Waals surface area (Å²) in [4.78, 5) is 15.0. The Morgan fingerprint density at radius 1 is 1.12 bits per heavy atom. The van der Waals surface area contributed by atoms with E-state index in [4.69, 9.17) is 9.47 Å². The Morgan fingerprint density at radius 3 is 2.50 bits per heavy atom. The largest absolute Gasteiger partial charge is 0.445 e. The van der Waals surface area contributed by atoms with Gasteiger partial charge >= 0.3 is 6.09 Å². The Hall–Kier alpha value is -1.59. The van der Waals surface area contributed by atoms with Gasteiger partial charge in [0.25, 0.3) is 0 Å². The van der Waals surface area contributed by atoms with Gasteiger partial charge in [-0.25, -0.2) is 4.79 Å². The number of fused-ring (bicyclic) bond motifs is 1. The molecule has 1 aromatic carbocycles. The standard InChI is InChI=1S/C21H30N2O3/c24-21(26-15-17-4-2-1-3-5-17)23(14-16-6-8-25-9-7-16)20-10-18-12-22-13-19(18)11-20/h1-5,16,18-20,22H,6-15H2/t18-,19+,20?. The van der Waals surface area contributed by atoms with Crippen molar-refractivity contribution in [3.8, 4) is 0 Å². The summed E-state index contributed by atoms with van der Waals surface area (Å²) in [5, 5.41) is 3.49. The maximum Gasteiger partial charge on any atom is 0.410 e. The molecule has 0 bridgehead atoms. The van der Waals surface area contributed by atoms with Crippen molar-refractivity contribution >= 4 is 6.09 Å². The first-order valence-corrected chi connectivity index (χ1v) is 10.1. The van der Waals surface area contributed by atoms with E-state index in [0.717, 1.165) is 75.9 Å². The lowest BCUT2D eigenvalue weighted by molar-refractivity contribution is 0.0353. The van der Waals surface area contributed by atoms with E-state index in [1.807, 2.05) is 30.3 Å². The third-order valence-corrected chi connectivity index (χ3v) is 6.31. The van der Waals surface area contributed by atoms with Crippen LogP contribution in [0.4, 0.5) is 4.79 Å². The molecular formula is C21H30N2O3. The summed E-state index contributed by atoms with van der Waals surface area (Å²) in [7, 11) is 0. The molecule has 4 rings (SSSR count). The molecule has 5 nitrogen and oxygen atoms in total. The molecule has 1 amide bonds. The van der Waals surface area contributed by atoms with Crippen LogP contribution in [0.3, 0.4) is 0 Å². The Bertz CT molecular complexity index is 576. The summed E-state index contributed by atoms with van der Waals surface area (Å²) in [6.07, 6.45) is 4.17. The topological polar surface area (TPSA) is 50.8 Å². The first-order chi connectivity index (χ1) is 12.8. The first-order valence-electron chi connectivity index (χ1n) is 10.1. The molecule has 2 saturated heterocycles. The van der Waals surface area contributed by atoms with Crippen molar-refractivity contribution in [3.05, 3.63) is 35.9 Å². The third-order valence-electron chi connectivity index (χ3n) is 6.31. The predicted octanol–water partition coefficient (Wildman–Crippen LogP) is 3.05. The zero-order valence-corrected chi connectivity index (χ0v) is 15.4. The number of hydrogen-bond donors (Lipinski definition) is 1. The lowest BCUT2D eigenvalue weighted by atomic mass is 9.98. The molecule has 142 valence electrons. The van der Waals surface area contributed by atoms with Gasteiger partial charge < -0.3 is 19.7 Å². The van der Waals surface area contributed by atoms with Crippen LogP contribution in [-0.4, -0.2) is 49.9 Å². The number of carbonyl (C=O) groups excluding carboxylic acids is 1. The van der Waals surface area contributed by atoms with Crippen molar-refractivity contribution in [1.82, 2.24) is 10.2 Å². The summed E-state index contributed by atoms with van der Waals surface area (Å²) in [6.45, 7) is 5.01. The molecule has 1 N–H and O–H groups in total. The van der Waals surface area contributed by atoms with E-state index in [1.54, 1.807) is 0 Å². The molecule has 3 aliphatic rings. The lowest BCUT2D eigenvalue weighted by Gasteiger charge is -2.33. The number of carbonyl (C=O) groups is 1. The molecule has 26 heavy (non-hydrogen) atoms. The lowest BCUT2D eigenvalue weighted by Crippen LogP contribution is -2.44. The third kappa shape index (κ3) is 4.21. The van der Waals surface area contributed by atoms with E-state index >= 15 is 0 Å². The molecule has 2 aliphatic heterocycles. The Balaban J connectivity index is 1.40. The van der Waals surface area contributed by atoms with Crippen LogP contribution in [0.2, 0.25) is 0 Å². The van der Waals surface area contributed by atoms with Gasteiger partial charge in [-0.1, -0.05) is 30.3 Å². The molecule has 3 fully saturated rings. The Kier molecular flexibility index (Phi) is 5.75. The van der Waals surface area contributed by atoms with Crippen molar-refractivity contribution < 1.29 is 14.3 Å². The molecule has 1 aliphatic carbocycles. The van der Waals surface area contributed by atoms with Gasteiger partial charge in [0.2, 0.25) is 0 Å². The number of rotatable bonds is 5. The van der Waals surface area contributed by atoms with E-state index in [1.165, 1.54) is 0 Å². The van der Waals surface area contributed by atoms with E-state index < -0.39 is 0 Å². The molecule has 5 heteroatoms. The van der Waals surface area contributed by atoms with E-state index in [9.17, 15) is 4.79 Å². The van der Waals surface area contributed by atoms with Gasteiger partial charge in [0.05, 0.1) is 0 Å². The van der Waals surface area contributed by atoms with Crippen LogP contribution in [0, 0.1) is 17.8 Å². The van der Waals surface area contributed by atoms with Crippen molar-refractivity contribution in [2.75, 3.05) is 32.8 Å². The van der Waals surface area contributed by atoms with E-state index in [2.05, 4.69) is 10.2 Å². The van der Waals surface area contributed by atoms with Crippen molar-refractivity contribution in [1.29, 1.82) is 0 Å². The van der Waals surface area contributed by atoms with Gasteiger partial charge in [-0.15, -0.1) is 0 Å². The molecule has 0 radical (unpaired) electrons. The summed E-state index contributed by atoms with van der Waals surface area (Å²) >= 11 is 0.